The number of hydrogen-bond acceptors (Lipinski definition) is 3. The van der Waals surface area contributed by atoms with Gasteiger partial charge in [-0.2, -0.15) is 0 Å². The molecule has 5 heteroatoms. The number of nitrogens with zero attached hydrogens (tertiary/aromatic N) is 1. The lowest BCUT2D eigenvalue weighted by molar-refractivity contribution is -0.134. The van der Waals surface area contributed by atoms with E-state index in [4.69, 9.17) is 10.2 Å². The third kappa shape index (κ3) is 4.67. The third-order valence-corrected chi connectivity index (χ3v) is 5.47. The van der Waals surface area contributed by atoms with Gasteiger partial charge in [0.15, 0.2) is 0 Å². The number of carboxylic acid groups (broad SMARTS) is 2. The fraction of sp³-hybridized carbons (Fsp3) is 0.304. The van der Waals surface area contributed by atoms with Gasteiger partial charge in [0, 0.05) is 24.6 Å². The molecule has 2 aliphatic rings. The maximum Gasteiger partial charge on any atom is 0.328 e. The summed E-state index contributed by atoms with van der Waals surface area (Å²) >= 11 is 0. The molecule has 1 aliphatic heterocycles. The predicted octanol–water partition coefficient (Wildman–Crippen LogP) is 3.51. The van der Waals surface area contributed by atoms with Gasteiger partial charge in [-0.15, -0.1) is 0 Å². The van der Waals surface area contributed by atoms with Gasteiger partial charge in [0.05, 0.1) is 0 Å². The number of benzene rings is 2. The molecule has 4 rings (SSSR count). The maximum atomic E-state index is 9.55. The number of aliphatic carboxylic acids is 2. The number of piperidine rings is 1. The topological polar surface area (TPSA) is 77.8 Å². The molecule has 0 radical (unpaired) electrons. The van der Waals surface area contributed by atoms with Crippen LogP contribution in [-0.2, 0) is 16.0 Å². The Kier molecular flexibility index (Phi) is 6.26. The minimum absolute atomic E-state index is 0.558. The van der Waals surface area contributed by atoms with Crippen molar-refractivity contribution < 1.29 is 19.8 Å². The minimum atomic E-state index is -1.26. The van der Waals surface area contributed by atoms with E-state index in [0.717, 1.165) is 6.42 Å². The van der Waals surface area contributed by atoms with Crippen molar-refractivity contribution in [3.05, 3.63) is 82.9 Å². The van der Waals surface area contributed by atoms with E-state index in [2.05, 4.69) is 60.5 Å². The van der Waals surface area contributed by atoms with Gasteiger partial charge in [0.25, 0.3) is 0 Å². The molecule has 1 aliphatic carbocycles. The monoisotopic (exact) mass is 379 g/mol. The average Bonchev–Trinajstić information content (AvgIpc) is 2.81. The van der Waals surface area contributed by atoms with Crippen molar-refractivity contribution in [2.75, 3.05) is 20.1 Å². The second-order valence-corrected chi connectivity index (χ2v) is 7.35. The lowest BCUT2D eigenvalue weighted by Gasteiger charge is -2.37. The first-order chi connectivity index (χ1) is 13.5. The summed E-state index contributed by atoms with van der Waals surface area (Å²) in [6, 6.07) is 18.2. The highest BCUT2D eigenvalue weighted by Crippen LogP contribution is 2.44. The number of likely N-dealkylation sites (N-methyl/N-ethyl adjacent to an activating group) is 1. The number of rotatable bonds is 2. The van der Waals surface area contributed by atoms with Gasteiger partial charge in [0.2, 0.25) is 0 Å². The molecule has 0 amide bonds. The third-order valence-electron chi connectivity index (χ3n) is 5.47. The van der Waals surface area contributed by atoms with Crippen LogP contribution in [0.1, 0.15) is 40.5 Å². The zero-order valence-electron chi connectivity index (χ0n) is 15.9. The van der Waals surface area contributed by atoms with Crippen LogP contribution in [0.3, 0.4) is 0 Å². The quantitative estimate of drug-likeness (QED) is 0.781. The molecule has 2 aromatic carbocycles. The fourth-order valence-electron chi connectivity index (χ4n) is 4.26. The van der Waals surface area contributed by atoms with Crippen LogP contribution in [0.2, 0.25) is 0 Å². The standard InChI is InChI=1S/C19H21N.C4H4O4/c1-20-11-10-18-16-8-4-2-6-14(16)12-15-7-3-5-9-17(15)19(18)13-20;5-3(6)1-2-4(7)8/h2-9,18-19H,10-13H2,1H3;1-2H,(H,5,6)(H,7,8)/b;2-1-/t18-,19-;/m1./s1. The molecule has 2 aromatic rings. The SMILES string of the molecule is CN1CC[C@@H]2c3ccccc3Cc3ccccc3[C@H]2C1.O=C(O)/C=C\C(=O)O. The summed E-state index contributed by atoms with van der Waals surface area (Å²) in [4.78, 5) is 21.6. The van der Waals surface area contributed by atoms with E-state index < -0.39 is 11.9 Å². The van der Waals surface area contributed by atoms with E-state index in [0.29, 0.717) is 24.0 Å². The van der Waals surface area contributed by atoms with Crippen LogP contribution in [0, 0.1) is 0 Å². The first-order valence-electron chi connectivity index (χ1n) is 9.43. The Labute approximate surface area is 164 Å². The summed E-state index contributed by atoms with van der Waals surface area (Å²) in [6.07, 6.45) is 3.50. The summed E-state index contributed by atoms with van der Waals surface area (Å²) in [6.45, 7) is 2.41. The predicted molar refractivity (Wildman–Crippen MR) is 108 cm³/mol. The Morgan fingerprint density at radius 2 is 1.39 bits per heavy atom. The Balaban J connectivity index is 0.000000242. The second kappa shape index (κ2) is 8.85. The van der Waals surface area contributed by atoms with Crippen LogP contribution in [0.5, 0.6) is 0 Å². The number of carbonyl (C=O) groups is 2. The first kappa shape index (κ1) is 19.8. The van der Waals surface area contributed by atoms with Crippen molar-refractivity contribution in [3.8, 4) is 0 Å². The molecule has 0 unspecified atom stereocenters. The lowest BCUT2D eigenvalue weighted by Crippen LogP contribution is -2.35. The Bertz CT molecular complexity index is 874. The lowest BCUT2D eigenvalue weighted by atomic mass is 9.77. The normalized spacial score (nSPS) is 20.8. The summed E-state index contributed by atoms with van der Waals surface area (Å²) in [5, 5.41) is 15.6. The number of carboxylic acids is 2. The molecule has 0 bridgehead atoms. The van der Waals surface area contributed by atoms with E-state index >= 15 is 0 Å². The van der Waals surface area contributed by atoms with Crippen molar-refractivity contribution in [2.24, 2.45) is 0 Å². The zero-order valence-corrected chi connectivity index (χ0v) is 15.9. The smallest absolute Gasteiger partial charge is 0.328 e. The maximum absolute atomic E-state index is 9.55. The van der Waals surface area contributed by atoms with Crippen LogP contribution in [0.4, 0.5) is 0 Å². The number of hydrogen-bond donors (Lipinski definition) is 2. The molecule has 2 N–H and O–H groups in total. The van der Waals surface area contributed by atoms with Crippen LogP contribution in [0.15, 0.2) is 60.7 Å². The van der Waals surface area contributed by atoms with Gasteiger partial charge in [0.1, 0.15) is 0 Å². The van der Waals surface area contributed by atoms with Gasteiger partial charge in [-0.05, 0) is 54.6 Å². The van der Waals surface area contributed by atoms with E-state index in [1.165, 1.54) is 30.6 Å². The highest BCUT2D eigenvalue weighted by atomic mass is 16.4. The van der Waals surface area contributed by atoms with E-state index in [1.54, 1.807) is 11.1 Å². The van der Waals surface area contributed by atoms with Crippen molar-refractivity contribution in [3.63, 3.8) is 0 Å². The van der Waals surface area contributed by atoms with Gasteiger partial charge in [-0.1, -0.05) is 48.5 Å². The van der Waals surface area contributed by atoms with Crippen LogP contribution in [0.25, 0.3) is 0 Å². The molecule has 0 spiro atoms. The molecular formula is C23H25NO4. The summed E-state index contributed by atoms with van der Waals surface area (Å²) in [7, 11) is 2.26. The number of fused-ring (bicyclic) bond motifs is 5. The molecule has 1 saturated heterocycles. The van der Waals surface area contributed by atoms with E-state index in [-0.39, 0.29) is 0 Å². The zero-order chi connectivity index (χ0) is 20.1. The Morgan fingerprint density at radius 3 is 1.93 bits per heavy atom. The fourth-order valence-corrected chi connectivity index (χ4v) is 4.26. The molecule has 0 saturated carbocycles. The molecule has 0 aromatic heterocycles. The van der Waals surface area contributed by atoms with Crippen LogP contribution < -0.4 is 0 Å². The van der Waals surface area contributed by atoms with Gasteiger partial charge >= 0.3 is 11.9 Å². The van der Waals surface area contributed by atoms with Crippen molar-refractivity contribution in [1.82, 2.24) is 4.90 Å². The second-order valence-electron chi connectivity index (χ2n) is 7.35. The van der Waals surface area contributed by atoms with Crippen molar-refractivity contribution in [2.45, 2.75) is 24.7 Å². The summed E-state index contributed by atoms with van der Waals surface area (Å²) < 4.78 is 0. The molecule has 146 valence electrons. The molecule has 28 heavy (non-hydrogen) atoms. The highest BCUT2D eigenvalue weighted by Gasteiger charge is 2.34. The van der Waals surface area contributed by atoms with Crippen molar-refractivity contribution in [1.29, 1.82) is 0 Å². The average molecular weight is 379 g/mol. The van der Waals surface area contributed by atoms with E-state index in [9.17, 15) is 9.59 Å². The van der Waals surface area contributed by atoms with Gasteiger partial charge in [-0.3, -0.25) is 0 Å². The molecule has 1 fully saturated rings. The molecule has 5 nitrogen and oxygen atoms in total. The largest absolute Gasteiger partial charge is 0.478 e. The van der Waals surface area contributed by atoms with Crippen LogP contribution in [-0.4, -0.2) is 47.2 Å². The first-order valence-corrected chi connectivity index (χ1v) is 9.43. The minimum Gasteiger partial charge on any atom is -0.478 e. The Hall–Kier alpha value is -2.92. The Morgan fingerprint density at radius 1 is 0.893 bits per heavy atom. The van der Waals surface area contributed by atoms with Gasteiger partial charge in [-0.25, -0.2) is 9.59 Å². The van der Waals surface area contributed by atoms with Crippen molar-refractivity contribution >= 4 is 11.9 Å². The summed E-state index contributed by atoms with van der Waals surface area (Å²) in [5.74, 6) is -1.15. The van der Waals surface area contributed by atoms with Crippen LogP contribution >= 0.6 is 0 Å². The molecule has 1 heterocycles. The molecular weight excluding hydrogens is 354 g/mol. The molecule has 2 atom stereocenters. The van der Waals surface area contributed by atoms with Gasteiger partial charge < -0.3 is 15.1 Å². The van der Waals surface area contributed by atoms with E-state index in [1.807, 2.05) is 0 Å². The highest BCUT2D eigenvalue weighted by molar-refractivity contribution is 5.89. The summed E-state index contributed by atoms with van der Waals surface area (Å²) in [5.41, 5.74) is 6.25. The number of likely N-dealkylation sites (tertiary alicyclic amines) is 1.